The average Bonchev–Trinajstić information content (AvgIpc) is 2.49. The van der Waals surface area contributed by atoms with E-state index in [0.29, 0.717) is 6.04 Å². The van der Waals surface area contributed by atoms with Crippen LogP contribution in [0.25, 0.3) is 0 Å². The molecule has 2 rings (SSSR count). The smallest absolute Gasteiger partial charge is 0.0465 e. The molecule has 1 heterocycles. The second-order valence-electron chi connectivity index (χ2n) is 6.11. The van der Waals surface area contributed by atoms with Gasteiger partial charge in [-0.05, 0) is 53.0 Å². The van der Waals surface area contributed by atoms with Crippen LogP contribution in [0.15, 0.2) is 18.2 Å². The first-order valence-corrected chi connectivity index (χ1v) is 7.20. The van der Waals surface area contributed by atoms with Crippen molar-refractivity contribution in [1.82, 2.24) is 9.80 Å². The van der Waals surface area contributed by atoms with E-state index in [0.717, 1.165) is 13.1 Å². The summed E-state index contributed by atoms with van der Waals surface area (Å²) >= 11 is 0. The number of likely N-dealkylation sites (N-methyl/N-ethyl adjacent to an activating group) is 2. The Morgan fingerprint density at radius 3 is 2.37 bits per heavy atom. The van der Waals surface area contributed by atoms with Gasteiger partial charge in [0.2, 0.25) is 0 Å². The summed E-state index contributed by atoms with van der Waals surface area (Å²) in [6.07, 6.45) is 1.23. The molecule has 1 fully saturated rings. The topological polar surface area (TPSA) is 32.5 Å². The molecule has 0 bridgehead atoms. The molecule has 19 heavy (non-hydrogen) atoms. The fourth-order valence-electron chi connectivity index (χ4n) is 3.12. The van der Waals surface area contributed by atoms with Gasteiger partial charge in [-0.15, -0.1) is 0 Å². The van der Waals surface area contributed by atoms with Gasteiger partial charge in [-0.1, -0.05) is 29.3 Å². The largest absolute Gasteiger partial charge is 0.323 e. The first-order chi connectivity index (χ1) is 8.97. The lowest BCUT2D eigenvalue weighted by atomic mass is 9.95. The van der Waals surface area contributed by atoms with E-state index >= 15 is 0 Å². The third kappa shape index (κ3) is 3.56. The molecule has 3 heteroatoms. The zero-order valence-corrected chi connectivity index (χ0v) is 12.7. The van der Waals surface area contributed by atoms with Crippen LogP contribution in [-0.2, 0) is 0 Å². The van der Waals surface area contributed by atoms with E-state index in [9.17, 15) is 0 Å². The number of hydrogen-bond donors (Lipinski definition) is 1. The Morgan fingerprint density at radius 1 is 1.11 bits per heavy atom. The van der Waals surface area contributed by atoms with Crippen LogP contribution in [0.1, 0.15) is 29.2 Å². The van der Waals surface area contributed by atoms with Gasteiger partial charge in [0.05, 0.1) is 0 Å². The first kappa shape index (κ1) is 14.5. The van der Waals surface area contributed by atoms with Crippen molar-refractivity contribution in [2.24, 2.45) is 5.73 Å². The second kappa shape index (κ2) is 6.04. The Labute approximate surface area is 117 Å². The first-order valence-electron chi connectivity index (χ1n) is 7.20. The summed E-state index contributed by atoms with van der Waals surface area (Å²) in [6, 6.07) is 7.16. The molecule has 0 saturated carbocycles. The monoisotopic (exact) mass is 261 g/mol. The Hall–Kier alpha value is -0.900. The molecular weight excluding hydrogens is 234 g/mol. The number of benzene rings is 1. The number of hydrogen-bond acceptors (Lipinski definition) is 3. The predicted octanol–water partition coefficient (Wildman–Crippen LogP) is 1.94. The van der Waals surface area contributed by atoms with Crippen LogP contribution < -0.4 is 5.73 Å². The molecule has 2 N–H and O–H groups in total. The van der Waals surface area contributed by atoms with Crippen molar-refractivity contribution in [3.8, 4) is 0 Å². The van der Waals surface area contributed by atoms with Gasteiger partial charge in [0.1, 0.15) is 0 Å². The van der Waals surface area contributed by atoms with Crippen molar-refractivity contribution in [2.45, 2.75) is 32.4 Å². The van der Waals surface area contributed by atoms with E-state index in [2.05, 4.69) is 55.9 Å². The molecule has 0 aliphatic carbocycles. The quantitative estimate of drug-likeness (QED) is 0.883. The minimum absolute atomic E-state index is 0.0872. The molecule has 106 valence electrons. The van der Waals surface area contributed by atoms with E-state index in [1.807, 2.05) is 0 Å². The van der Waals surface area contributed by atoms with Crippen molar-refractivity contribution in [3.05, 3.63) is 34.9 Å². The number of aryl methyl sites for hydroxylation is 2. The summed E-state index contributed by atoms with van der Waals surface area (Å²) in [5.41, 5.74) is 10.4. The molecule has 1 aliphatic rings. The summed E-state index contributed by atoms with van der Waals surface area (Å²) in [5, 5.41) is 0. The molecule has 1 aromatic carbocycles. The van der Waals surface area contributed by atoms with Crippen LogP contribution in [0.4, 0.5) is 0 Å². The standard InChI is InChI=1S/C16H27N3/c1-12-8-13(2)10-14(9-12)16(17)15-11-18(3)6-5-7-19(15)4/h8-10,15-16H,5-7,11,17H2,1-4H3. The van der Waals surface area contributed by atoms with Crippen LogP contribution in [0.5, 0.6) is 0 Å². The lowest BCUT2D eigenvalue weighted by Crippen LogP contribution is -2.45. The number of nitrogens with two attached hydrogens (primary N) is 1. The molecule has 1 saturated heterocycles. The molecule has 0 spiro atoms. The lowest BCUT2D eigenvalue weighted by molar-refractivity contribution is 0.196. The SMILES string of the molecule is Cc1cc(C)cc(C(N)C2CN(C)CCCN2C)c1. The van der Waals surface area contributed by atoms with Gasteiger partial charge in [-0.2, -0.15) is 0 Å². The molecule has 2 unspecified atom stereocenters. The number of nitrogens with zero attached hydrogens (tertiary/aromatic N) is 2. The molecule has 0 amide bonds. The molecule has 3 nitrogen and oxygen atoms in total. The van der Waals surface area contributed by atoms with Crippen LogP contribution >= 0.6 is 0 Å². The van der Waals surface area contributed by atoms with Gasteiger partial charge in [0, 0.05) is 18.6 Å². The van der Waals surface area contributed by atoms with Gasteiger partial charge < -0.3 is 15.5 Å². The molecule has 1 aromatic rings. The lowest BCUT2D eigenvalue weighted by Gasteiger charge is -2.33. The summed E-state index contributed by atoms with van der Waals surface area (Å²) in [6.45, 7) is 7.64. The van der Waals surface area contributed by atoms with Crippen LogP contribution in [0, 0.1) is 13.8 Å². The van der Waals surface area contributed by atoms with E-state index in [4.69, 9.17) is 5.73 Å². The highest BCUT2D eigenvalue weighted by atomic mass is 15.2. The molecule has 2 atom stereocenters. The van der Waals surface area contributed by atoms with Crippen molar-refractivity contribution in [3.63, 3.8) is 0 Å². The third-order valence-electron chi connectivity index (χ3n) is 4.16. The maximum absolute atomic E-state index is 6.56. The van der Waals surface area contributed by atoms with Gasteiger partial charge in [-0.3, -0.25) is 0 Å². The highest BCUT2D eigenvalue weighted by molar-refractivity contribution is 5.31. The maximum atomic E-state index is 6.56. The summed E-state index contributed by atoms with van der Waals surface area (Å²) in [5.74, 6) is 0. The van der Waals surface area contributed by atoms with Crippen molar-refractivity contribution >= 4 is 0 Å². The summed E-state index contributed by atoms with van der Waals surface area (Å²) < 4.78 is 0. The Morgan fingerprint density at radius 2 is 1.74 bits per heavy atom. The Kier molecular flexibility index (Phi) is 4.61. The molecular formula is C16H27N3. The van der Waals surface area contributed by atoms with Gasteiger partial charge >= 0.3 is 0 Å². The Balaban J connectivity index is 2.22. The van der Waals surface area contributed by atoms with Crippen LogP contribution in [-0.4, -0.2) is 49.6 Å². The minimum Gasteiger partial charge on any atom is -0.323 e. The zero-order chi connectivity index (χ0) is 14.0. The number of rotatable bonds is 2. The average molecular weight is 261 g/mol. The van der Waals surface area contributed by atoms with E-state index in [-0.39, 0.29) is 6.04 Å². The van der Waals surface area contributed by atoms with Gasteiger partial charge in [0.15, 0.2) is 0 Å². The Bertz CT molecular complexity index is 410. The summed E-state index contributed by atoms with van der Waals surface area (Å²) in [7, 11) is 4.40. The molecule has 0 aromatic heterocycles. The van der Waals surface area contributed by atoms with Crippen molar-refractivity contribution in [1.29, 1.82) is 0 Å². The zero-order valence-electron chi connectivity index (χ0n) is 12.7. The minimum atomic E-state index is 0.0872. The highest BCUT2D eigenvalue weighted by Crippen LogP contribution is 2.23. The highest BCUT2D eigenvalue weighted by Gasteiger charge is 2.27. The van der Waals surface area contributed by atoms with Crippen LogP contribution in [0.3, 0.4) is 0 Å². The second-order valence-corrected chi connectivity index (χ2v) is 6.11. The molecule has 1 aliphatic heterocycles. The van der Waals surface area contributed by atoms with E-state index in [1.165, 1.54) is 29.7 Å². The molecule has 0 radical (unpaired) electrons. The maximum Gasteiger partial charge on any atom is 0.0465 e. The van der Waals surface area contributed by atoms with Gasteiger partial charge in [0.25, 0.3) is 0 Å². The van der Waals surface area contributed by atoms with Gasteiger partial charge in [-0.25, -0.2) is 0 Å². The summed E-state index contributed by atoms with van der Waals surface area (Å²) in [4.78, 5) is 4.82. The van der Waals surface area contributed by atoms with E-state index in [1.54, 1.807) is 0 Å². The van der Waals surface area contributed by atoms with Crippen molar-refractivity contribution in [2.75, 3.05) is 33.7 Å². The predicted molar refractivity (Wildman–Crippen MR) is 81.4 cm³/mol. The fourth-order valence-corrected chi connectivity index (χ4v) is 3.12. The van der Waals surface area contributed by atoms with Crippen molar-refractivity contribution < 1.29 is 0 Å². The third-order valence-corrected chi connectivity index (χ3v) is 4.16. The normalized spacial score (nSPS) is 24.2. The van der Waals surface area contributed by atoms with Crippen LogP contribution in [0.2, 0.25) is 0 Å². The van der Waals surface area contributed by atoms with E-state index < -0.39 is 0 Å². The fraction of sp³-hybridized carbons (Fsp3) is 0.625.